The summed E-state index contributed by atoms with van der Waals surface area (Å²) in [5, 5.41) is 14.6. The maximum atomic E-state index is 10.9. The van der Waals surface area contributed by atoms with Crippen LogP contribution in [-0.4, -0.2) is 22.0 Å². The number of rotatable bonds is 4. The molecule has 0 spiro atoms. The number of nitrogens with one attached hydrogen (secondary N) is 1. The number of aromatic nitrogens is 2. The van der Waals surface area contributed by atoms with Gasteiger partial charge in [0.25, 0.3) is 0 Å². The second-order valence-electron chi connectivity index (χ2n) is 5.11. The molecule has 1 atom stereocenters. The molecule has 1 aromatic heterocycles. The number of carboxylic acid groups (broad SMARTS) is 1. The van der Waals surface area contributed by atoms with E-state index in [-0.39, 0.29) is 5.95 Å². The van der Waals surface area contributed by atoms with Crippen LogP contribution in [-0.2, 0) is 4.79 Å². The highest BCUT2D eigenvalue weighted by Crippen LogP contribution is 2.29. The number of fused-ring (bicyclic) bond motifs is 1. The molecule has 5 nitrogen and oxygen atoms in total. The van der Waals surface area contributed by atoms with Gasteiger partial charge in [-0.05, 0) is 25.1 Å². The van der Waals surface area contributed by atoms with Gasteiger partial charge in [0.05, 0.1) is 23.2 Å². The number of carboxylic acids is 1. The second-order valence-corrected chi connectivity index (χ2v) is 6.02. The number of hydrogen-bond acceptors (Lipinski definition) is 5. The van der Waals surface area contributed by atoms with Gasteiger partial charge in [0.1, 0.15) is 0 Å². The molecule has 116 valence electrons. The Morgan fingerprint density at radius 2 is 1.91 bits per heavy atom. The highest BCUT2D eigenvalue weighted by molar-refractivity contribution is 9.10. The van der Waals surface area contributed by atoms with Crippen molar-refractivity contribution in [3.63, 3.8) is 0 Å². The molecule has 0 amide bonds. The zero-order valence-corrected chi connectivity index (χ0v) is 13.9. The molecule has 1 heterocycles. The van der Waals surface area contributed by atoms with Crippen molar-refractivity contribution in [1.29, 1.82) is 0 Å². The molecule has 0 saturated carbocycles. The van der Waals surface area contributed by atoms with Gasteiger partial charge in [0.2, 0.25) is 5.95 Å². The summed E-state index contributed by atoms with van der Waals surface area (Å²) in [6.45, 7) is 1.49. The van der Waals surface area contributed by atoms with E-state index >= 15 is 0 Å². The summed E-state index contributed by atoms with van der Waals surface area (Å²) in [6.07, 6.45) is 0. The summed E-state index contributed by atoms with van der Waals surface area (Å²) >= 11 is 3.46. The third kappa shape index (κ3) is 3.32. The van der Waals surface area contributed by atoms with Gasteiger partial charge in [-0.25, -0.2) is 9.97 Å². The largest absolute Gasteiger partial charge is 0.548 e. The Balaban J connectivity index is 2.18. The highest BCUT2D eigenvalue weighted by atomic mass is 79.9. The lowest BCUT2D eigenvalue weighted by atomic mass is 10.1. The fourth-order valence-corrected chi connectivity index (χ4v) is 2.59. The van der Waals surface area contributed by atoms with Crippen molar-refractivity contribution in [1.82, 2.24) is 9.97 Å². The summed E-state index contributed by atoms with van der Waals surface area (Å²) < 4.78 is 0.926. The van der Waals surface area contributed by atoms with Crippen LogP contribution in [0.15, 0.2) is 53.0 Å². The van der Waals surface area contributed by atoms with Crippen molar-refractivity contribution in [2.24, 2.45) is 0 Å². The van der Waals surface area contributed by atoms with Crippen molar-refractivity contribution >= 4 is 38.8 Å². The van der Waals surface area contributed by atoms with Crippen molar-refractivity contribution in [3.8, 4) is 11.3 Å². The van der Waals surface area contributed by atoms with Crippen molar-refractivity contribution in [3.05, 3.63) is 53.0 Å². The van der Waals surface area contributed by atoms with E-state index in [9.17, 15) is 9.90 Å². The summed E-state index contributed by atoms with van der Waals surface area (Å²) in [5.41, 5.74) is 2.40. The molecule has 3 aromatic rings. The van der Waals surface area contributed by atoms with Crippen LogP contribution in [0.3, 0.4) is 0 Å². The van der Waals surface area contributed by atoms with Crippen molar-refractivity contribution in [2.45, 2.75) is 13.0 Å². The number of aliphatic carboxylic acids is 1. The Hall–Kier alpha value is -2.47. The Morgan fingerprint density at radius 3 is 2.61 bits per heavy atom. The second kappa shape index (κ2) is 6.34. The van der Waals surface area contributed by atoms with Crippen LogP contribution in [0.4, 0.5) is 5.95 Å². The van der Waals surface area contributed by atoms with E-state index in [2.05, 4.69) is 31.2 Å². The number of anilines is 1. The van der Waals surface area contributed by atoms with E-state index in [0.29, 0.717) is 0 Å². The molecule has 6 heteroatoms. The van der Waals surface area contributed by atoms with E-state index in [1.54, 1.807) is 0 Å². The standard InChI is InChI=1S/C17H14BrN3O2/c1-10(16(22)23)19-17-20-14-8-7-12(18)9-13(14)15(21-17)11-5-3-2-4-6-11/h2-10H,1H3,(H,22,23)(H,19,20,21)/p-1/t10-/m1/s1. The Morgan fingerprint density at radius 1 is 1.17 bits per heavy atom. The van der Waals surface area contributed by atoms with Gasteiger partial charge in [-0.15, -0.1) is 0 Å². The predicted molar refractivity (Wildman–Crippen MR) is 90.8 cm³/mol. The van der Waals surface area contributed by atoms with Gasteiger partial charge >= 0.3 is 0 Å². The molecule has 23 heavy (non-hydrogen) atoms. The van der Waals surface area contributed by atoms with Crippen LogP contribution in [0.1, 0.15) is 6.92 Å². The minimum Gasteiger partial charge on any atom is -0.548 e. The number of nitrogens with zero attached hydrogens (tertiary/aromatic N) is 2. The molecule has 0 fully saturated rings. The number of carbonyl (C=O) groups excluding carboxylic acids is 1. The average Bonchev–Trinajstić information content (AvgIpc) is 2.55. The summed E-state index contributed by atoms with van der Waals surface area (Å²) in [5.74, 6) is -0.943. The van der Waals surface area contributed by atoms with E-state index in [1.165, 1.54) is 6.92 Å². The first kappa shape index (κ1) is 15.4. The lowest BCUT2D eigenvalue weighted by Crippen LogP contribution is -2.39. The summed E-state index contributed by atoms with van der Waals surface area (Å²) in [7, 11) is 0. The molecule has 0 radical (unpaired) electrons. The van der Waals surface area contributed by atoms with Gasteiger partial charge in [-0.1, -0.05) is 46.3 Å². The zero-order valence-electron chi connectivity index (χ0n) is 12.3. The minimum absolute atomic E-state index is 0.260. The molecule has 1 N–H and O–H groups in total. The Labute approximate surface area is 141 Å². The molecule has 2 aromatic carbocycles. The first-order valence-electron chi connectivity index (χ1n) is 7.05. The molecule has 0 aliphatic heterocycles. The van der Waals surface area contributed by atoms with Gasteiger partial charge in [-0.3, -0.25) is 0 Å². The smallest absolute Gasteiger partial charge is 0.224 e. The number of carbonyl (C=O) groups is 1. The molecule has 0 unspecified atom stereocenters. The lowest BCUT2D eigenvalue weighted by molar-refractivity contribution is -0.306. The molecule has 0 bridgehead atoms. The molecular formula is C17H13BrN3O2-. The van der Waals surface area contributed by atoms with Gasteiger partial charge < -0.3 is 15.2 Å². The fraction of sp³-hybridized carbons (Fsp3) is 0.118. The number of hydrogen-bond donors (Lipinski definition) is 1. The third-order valence-electron chi connectivity index (χ3n) is 3.40. The SMILES string of the molecule is C[C@@H](Nc1nc(-c2ccccc2)c2cc(Br)ccc2n1)C(=O)[O-]. The van der Waals surface area contributed by atoms with Crippen molar-refractivity contribution < 1.29 is 9.90 Å². The van der Waals surface area contributed by atoms with Gasteiger partial charge in [0, 0.05) is 15.4 Å². The van der Waals surface area contributed by atoms with Crippen LogP contribution in [0.25, 0.3) is 22.2 Å². The van der Waals surface area contributed by atoms with Gasteiger partial charge in [0.15, 0.2) is 0 Å². The van der Waals surface area contributed by atoms with Crippen LogP contribution in [0.2, 0.25) is 0 Å². The minimum atomic E-state index is -1.20. The average molecular weight is 371 g/mol. The quantitative estimate of drug-likeness (QED) is 0.763. The normalized spacial score (nSPS) is 12.1. The topological polar surface area (TPSA) is 77.9 Å². The lowest BCUT2D eigenvalue weighted by Gasteiger charge is -2.16. The number of benzene rings is 2. The van der Waals surface area contributed by atoms with Crippen LogP contribution in [0.5, 0.6) is 0 Å². The first-order valence-corrected chi connectivity index (χ1v) is 7.84. The van der Waals surface area contributed by atoms with Crippen LogP contribution in [0, 0.1) is 0 Å². The van der Waals surface area contributed by atoms with E-state index < -0.39 is 12.0 Å². The van der Waals surface area contributed by atoms with Crippen LogP contribution >= 0.6 is 15.9 Å². The molecular weight excluding hydrogens is 358 g/mol. The van der Waals surface area contributed by atoms with E-state index in [4.69, 9.17) is 0 Å². The molecule has 3 rings (SSSR count). The number of halogens is 1. The fourth-order valence-electron chi connectivity index (χ4n) is 2.23. The highest BCUT2D eigenvalue weighted by Gasteiger charge is 2.12. The summed E-state index contributed by atoms with van der Waals surface area (Å²) in [6, 6.07) is 14.5. The Kier molecular flexibility index (Phi) is 4.25. The molecule has 0 saturated heterocycles. The molecule has 0 aliphatic carbocycles. The van der Waals surface area contributed by atoms with Gasteiger partial charge in [-0.2, -0.15) is 0 Å². The molecule has 0 aliphatic rings. The monoisotopic (exact) mass is 370 g/mol. The first-order chi connectivity index (χ1) is 11.0. The maximum Gasteiger partial charge on any atom is 0.224 e. The predicted octanol–water partition coefficient (Wildman–Crippen LogP) is 2.61. The van der Waals surface area contributed by atoms with Crippen molar-refractivity contribution in [2.75, 3.05) is 5.32 Å². The third-order valence-corrected chi connectivity index (χ3v) is 3.90. The zero-order chi connectivity index (χ0) is 16.4. The summed E-state index contributed by atoms with van der Waals surface area (Å²) in [4.78, 5) is 19.8. The van der Waals surface area contributed by atoms with Crippen LogP contribution < -0.4 is 10.4 Å². The van der Waals surface area contributed by atoms with E-state index in [1.807, 2.05) is 48.5 Å². The van der Waals surface area contributed by atoms with E-state index in [0.717, 1.165) is 26.6 Å². The Bertz CT molecular complexity index is 868. The maximum absolute atomic E-state index is 10.9.